The molecule has 1 saturated heterocycles. The lowest BCUT2D eigenvalue weighted by Gasteiger charge is -2.26. The summed E-state index contributed by atoms with van der Waals surface area (Å²) in [6.07, 6.45) is 5.03. The highest BCUT2D eigenvalue weighted by molar-refractivity contribution is 7.89. The maximum Gasteiger partial charge on any atom is 0.243 e. The first kappa shape index (κ1) is 23.8. The summed E-state index contributed by atoms with van der Waals surface area (Å²) >= 11 is 0. The van der Waals surface area contributed by atoms with Crippen LogP contribution in [0.2, 0.25) is 0 Å². The van der Waals surface area contributed by atoms with E-state index in [9.17, 15) is 13.2 Å². The van der Waals surface area contributed by atoms with E-state index in [0.717, 1.165) is 19.3 Å². The van der Waals surface area contributed by atoms with Crippen LogP contribution < -0.4 is 14.8 Å². The fourth-order valence-electron chi connectivity index (χ4n) is 3.63. The Bertz CT molecular complexity index is 1030. The molecule has 2 aromatic rings. The second kappa shape index (κ2) is 11.2. The van der Waals surface area contributed by atoms with Crippen molar-refractivity contribution in [3.8, 4) is 11.5 Å². The van der Waals surface area contributed by atoms with E-state index in [0.29, 0.717) is 48.9 Å². The Kier molecular flexibility index (Phi) is 8.30. The number of carbonyl (C=O) groups excluding carboxylic acids is 1. The molecule has 0 saturated carbocycles. The van der Waals surface area contributed by atoms with Crippen molar-refractivity contribution in [1.82, 2.24) is 4.31 Å². The van der Waals surface area contributed by atoms with Crippen LogP contribution in [-0.2, 0) is 21.2 Å². The van der Waals surface area contributed by atoms with Crippen LogP contribution in [0.25, 0.3) is 0 Å². The number of ether oxygens (including phenoxy) is 2. The lowest BCUT2D eigenvalue weighted by Crippen LogP contribution is -2.35. The average Bonchev–Trinajstić information content (AvgIpc) is 2.82. The third-order valence-electron chi connectivity index (χ3n) is 5.33. The monoisotopic (exact) mass is 458 g/mol. The fourth-order valence-corrected chi connectivity index (χ4v) is 5.19. The Morgan fingerprint density at radius 2 is 1.84 bits per heavy atom. The van der Waals surface area contributed by atoms with E-state index < -0.39 is 10.0 Å². The number of nitrogens with one attached hydrogen (secondary N) is 1. The van der Waals surface area contributed by atoms with E-state index in [1.165, 1.54) is 11.4 Å². The third-order valence-corrected chi connectivity index (χ3v) is 7.23. The van der Waals surface area contributed by atoms with Gasteiger partial charge in [0.15, 0.2) is 0 Å². The van der Waals surface area contributed by atoms with E-state index in [2.05, 4.69) is 11.9 Å². The van der Waals surface area contributed by atoms with Crippen LogP contribution in [0.4, 0.5) is 5.69 Å². The van der Waals surface area contributed by atoms with Gasteiger partial charge in [-0.05, 0) is 67.3 Å². The summed E-state index contributed by atoms with van der Waals surface area (Å²) in [4.78, 5) is 12.7. The van der Waals surface area contributed by atoms with Gasteiger partial charge < -0.3 is 14.8 Å². The minimum Gasteiger partial charge on any atom is -0.496 e. The molecule has 0 aliphatic carbocycles. The molecule has 0 aromatic heterocycles. The fraction of sp³-hybridized carbons (Fsp3) is 0.375. The smallest absolute Gasteiger partial charge is 0.243 e. The molecule has 1 N–H and O–H groups in total. The Labute approximate surface area is 190 Å². The molecule has 0 atom stereocenters. The Morgan fingerprint density at radius 3 is 2.50 bits per heavy atom. The van der Waals surface area contributed by atoms with E-state index in [4.69, 9.17) is 9.47 Å². The van der Waals surface area contributed by atoms with Gasteiger partial charge in [0.05, 0.1) is 12.0 Å². The largest absolute Gasteiger partial charge is 0.496 e. The highest BCUT2D eigenvalue weighted by Gasteiger charge is 2.26. The van der Waals surface area contributed by atoms with Crippen LogP contribution in [0.3, 0.4) is 0 Å². The minimum absolute atomic E-state index is 0.170. The topological polar surface area (TPSA) is 84.9 Å². The van der Waals surface area contributed by atoms with Gasteiger partial charge in [-0.3, -0.25) is 4.79 Å². The number of hydrogen-bond donors (Lipinski definition) is 1. The Morgan fingerprint density at radius 1 is 1.12 bits per heavy atom. The van der Waals surface area contributed by atoms with Gasteiger partial charge in [-0.2, -0.15) is 4.31 Å². The second-order valence-corrected chi connectivity index (χ2v) is 9.55. The number of nitrogens with zero attached hydrogens (tertiary/aromatic N) is 1. The Hall–Kier alpha value is -2.84. The van der Waals surface area contributed by atoms with E-state index >= 15 is 0 Å². The molecule has 1 fully saturated rings. The molecule has 32 heavy (non-hydrogen) atoms. The summed E-state index contributed by atoms with van der Waals surface area (Å²) < 4.78 is 38.4. The van der Waals surface area contributed by atoms with Crippen LogP contribution in [0.1, 0.15) is 31.2 Å². The minimum atomic E-state index is -3.55. The van der Waals surface area contributed by atoms with E-state index in [-0.39, 0.29) is 17.2 Å². The van der Waals surface area contributed by atoms with Crippen LogP contribution in [0, 0.1) is 0 Å². The first-order valence-electron chi connectivity index (χ1n) is 10.7. The number of rotatable bonds is 10. The molecule has 0 spiro atoms. The predicted molar refractivity (Wildman–Crippen MR) is 125 cm³/mol. The third kappa shape index (κ3) is 6.11. The molecule has 1 aliphatic rings. The number of amides is 1. The average molecular weight is 459 g/mol. The van der Waals surface area contributed by atoms with Crippen molar-refractivity contribution < 1.29 is 22.7 Å². The van der Waals surface area contributed by atoms with Gasteiger partial charge in [-0.15, -0.1) is 0 Å². The zero-order valence-corrected chi connectivity index (χ0v) is 19.2. The molecule has 172 valence electrons. The van der Waals surface area contributed by atoms with Crippen LogP contribution in [0.15, 0.2) is 60.0 Å². The number of hydrogen-bond acceptors (Lipinski definition) is 5. The van der Waals surface area contributed by atoms with Gasteiger partial charge in [-0.1, -0.05) is 19.1 Å². The first-order valence-corrected chi connectivity index (χ1v) is 12.2. The van der Waals surface area contributed by atoms with Gasteiger partial charge in [0.1, 0.15) is 18.1 Å². The Balaban J connectivity index is 1.65. The molecule has 1 amide bonds. The maximum atomic E-state index is 13.0. The number of carbonyl (C=O) groups is 1. The number of anilines is 1. The summed E-state index contributed by atoms with van der Waals surface area (Å²) in [5.74, 6) is 1.09. The number of benzene rings is 2. The molecule has 2 aromatic carbocycles. The summed E-state index contributed by atoms with van der Waals surface area (Å²) in [5, 5.41) is 2.85. The van der Waals surface area contributed by atoms with Crippen LogP contribution >= 0.6 is 0 Å². The van der Waals surface area contributed by atoms with Crippen molar-refractivity contribution in [3.05, 3.63) is 60.7 Å². The molecule has 8 heteroatoms. The molecule has 1 heterocycles. The van der Waals surface area contributed by atoms with Crippen LogP contribution in [-0.4, -0.2) is 45.4 Å². The van der Waals surface area contributed by atoms with Crippen molar-refractivity contribution >= 4 is 21.6 Å². The van der Waals surface area contributed by atoms with Crippen molar-refractivity contribution in [1.29, 1.82) is 0 Å². The zero-order valence-electron chi connectivity index (χ0n) is 18.4. The summed E-state index contributed by atoms with van der Waals surface area (Å²) in [6.45, 7) is 5.11. The highest BCUT2D eigenvalue weighted by atomic mass is 32.2. The van der Waals surface area contributed by atoms with Gasteiger partial charge >= 0.3 is 0 Å². The lowest BCUT2D eigenvalue weighted by atomic mass is 10.1. The molecular formula is C24H30N2O5S. The van der Waals surface area contributed by atoms with Gasteiger partial charge in [0, 0.05) is 25.2 Å². The number of piperidine rings is 1. The van der Waals surface area contributed by atoms with Gasteiger partial charge in [0.25, 0.3) is 0 Å². The van der Waals surface area contributed by atoms with Crippen molar-refractivity contribution in [2.24, 2.45) is 0 Å². The molecule has 3 rings (SSSR count). The van der Waals surface area contributed by atoms with Gasteiger partial charge in [0.2, 0.25) is 15.9 Å². The molecule has 0 radical (unpaired) electrons. The van der Waals surface area contributed by atoms with Crippen molar-refractivity contribution in [2.75, 3.05) is 32.1 Å². The number of sulfonamides is 1. The maximum absolute atomic E-state index is 13.0. The van der Waals surface area contributed by atoms with Crippen molar-refractivity contribution in [3.63, 3.8) is 0 Å². The van der Waals surface area contributed by atoms with E-state index in [1.807, 2.05) is 0 Å². The number of aryl methyl sites for hydroxylation is 1. The van der Waals surface area contributed by atoms with Gasteiger partial charge in [-0.25, -0.2) is 8.42 Å². The summed E-state index contributed by atoms with van der Waals surface area (Å²) in [6, 6.07) is 11.9. The molecule has 0 bridgehead atoms. The van der Waals surface area contributed by atoms with E-state index in [1.54, 1.807) is 48.5 Å². The summed E-state index contributed by atoms with van der Waals surface area (Å²) in [7, 11) is -2.01. The normalized spacial score (nSPS) is 14.5. The predicted octanol–water partition coefficient (Wildman–Crippen LogP) is 4.01. The SMILES string of the molecule is C=CCOc1ccc(NC(=O)CCc2cc(S(=O)(=O)N3CCCCC3)ccc2OC)cc1. The molecule has 0 unspecified atom stereocenters. The standard InChI is InChI=1S/C24H30N2O5S/c1-3-17-31-21-10-8-20(9-11-21)25-24(27)14-7-19-18-22(12-13-23(19)30-2)32(28,29)26-15-5-4-6-16-26/h3,8-13,18H,1,4-7,14-17H2,2H3,(H,25,27). The quantitative estimate of drug-likeness (QED) is 0.544. The van der Waals surface area contributed by atoms with Crippen LogP contribution in [0.5, 0.6) is 11.5 Å². The highest BCUT2D eigenvalue weighted by Crippen LogP contribution is 2.27. The molecular weight excluding hydrogens is 428 g/mol. The lowest BCUT2D eigenvalue weighted by molar-refractivity contribution is -0.116. The molecule has 1 aliphatic heterocycles. The number of methoxy groups -OCH3 is 1. The second-order valence-electron chi connectivity index (χ2n) is 7.61. The zero-order chi connectivity index (χ0) is 23.0. The molecule has 7 nitrogen and oxygen atoms in total. The van der Waals surface area contributed by atoms with Crippen molar-refractivity contribution in [2.45, 2.75) is 37.0 Å². The first-order chi connectivity index (χ1) is 15.4. The summed E-state index contributed by atoms with van der Waals surface area (Å²) in [5.41, 5.74) is 1.35.